The zero-order valence-electron chi connectivity index (χ0n) is 12.4. The van der Waals surface area contributed by atoms with Crippen LogP contribution in [0.1, 0.15) is 0 Å². The topological polar surface area (TPSA) is 50.8 Å². The van der Waals surface area contributed by atoms with E-state index < -0.39 is 0 Å². The Morgan fingerprint density at radius 2 is 1.95 bits per heavy atom. The van der Waals surface area contributed by atoms with Crippen LogP contribution < -0.4 is 14.8 Å². The summed E-state index contributed by atoms with van der Waals surface area (Å²) in [6.45, 7) is 1.51. The number of hydrogen-bond acceptors (Lipinski definition) is 5. The number of amides is 1. The van der Waals surface area contributed by atoms with Crippen LogP contribution in [0.25, 0.3) is 0 Å². The first-order chi connectivity index (χ1) is 9.56. The van der Waals surface area contributed by atoms with Gasteiger partial charge in [-0.3, -0.25) is 4.79 Å². The van der Waals surface area contributed by atoms with Gasteiger partial charge < -0.3 is 19.7 Å². The SMILES string of the molecule is COc1ccc(SCC(=O)NCCN(C)C)cc1OC. The fourth-order valence-electron chi connectivity index (χ4n) is 1.53. The average Bonchev–Trinajstić information content (AvgIpc) is 2.44. The summed E-state index contributed by atoms with van der Waals surface area (Å²) in [5, 5.41) is 2.88. The Balaban J connectivity index is 2.43. The molecule has 0 spiro atoms. The minimum Gasteiger partial charge on any atom is -0.493 e. The van der Waals surface area contributed by atoms with Gasteiger partial charge in [-0.25, -0.2) is 0 Å². The van der Waals surface area contributed by atoms with E-state index in [1.807, 2.05) is 37.2 Å². The third-order valence-corrected chi connectivity index (χ3v) is 3.60. The summed E-state index contributed by atoms with van der Waals surface area (Å²) < 4.78 is 10.4. The van der Waals surface area contributed by atoms with E-state index >= 15 is 0 Å². The molecule has 0 heterocycles. The largest absolute Gasteiger partial charge is 0.493 e. The van der Waals surface area contributed by atoms with Gasteiger partial charge in [0.1, 0.15) is 0 Å². The normalized spacial score (nSPS) is 10.4. The molecule has 0 radical (unpaired) electrons. The van der Waals surface area contributed by atoms with E-state index in [-0.39, 0.29) is 5.91 Å². The average molecular weight is 298 g/mol. The van der Waals surface area contributed by atoms with Gasteiger partial charge in [-0.15, -0.1) is 11.8 Å². The molecule has 1 rings (SSSR count). The number of carbonyl (C=O) groups excluding carboxylic acids is 1. The van der Waals surface area contributed by atoms with E-state index in [1.54, 1.807) is 14.2 Å². The number of likely N-dealkylation sites (N-methyl/N-ethyl adjacent to an activating group) is 1. The molecule has 1 aromatic rings. The van der Waals surface area contributed by atoms with Crippen molar-refractivity contribution in [2.45, 2.75) is 4.90 Å². The molecule has 0 aliphatic carbocycles. The molecular weight excluding hydrogens is 276 g/mol. The quantitative estimate of drug-likeness (QED) is 0.737. The highest BCUT2D eigenvalue weighted by atomic mass is 32.2. The summed E-state index contributed by atoms with van der Waals surface area (Å²) in [5.41, 5.74) is 0. The summed E-state index contributed by atoms with van der Waals surface area (Å²) in [7, 11) is 7.15. The molecule has 0 aromatic heterocycles. The zero-order chi connectivity index (χ0) is 15.0. The van der Waals surface area contributed by atoms with E-state index in [0.29, 0.717) is 23.8 Å². The molecule has 1 amide bonds. The van der Waals surface area contributed by atoms with E-state index in [4.69, 9.17) is 9.47 Å². The van der Waals surface area contributed by atoms with Gasteiger partial charge in [-0.2, -0.15) is 0 Å². The van der Waals surface area contributed by atoms with Crippen molar-refractivity contribution in [2.75, 3.05) is 47.2 Å². The predicted octanol–water partition coefficient (Wildman–Crippen LogP) is 1.47. The molecule has 20 heavy (non-hydrogen) atoms. The van der Waals surface area contributed by atoms with E-state index in [2.05, 4.69) is 5.32 Å². The molecule has 1 aromatic carbocycles. The first-order valence-electron chi connectivity index (χ1n) is 6.33. The fraction of sp³-hybridized carbons (Fsp3) is 0.500. The van der Waals surface area contributed by atoms with Crippen LogP contribution in [-0.4, -0.2) is 58.0 Å². The van der Waals surface area contributed by atoms with Crippen LogP contribution in [0.15, 0.2) is 23.1 Å². The molecule has 6 heteroatoms. The van der Waals surface area contributed by atoms with Gasteiger partial charge in [-0.05, 0) is 32.3 Å². The van der Waals surface area contributed by atoms with Crippen molar-refractivity contribution in [2.24, 2.45) is 0 Å². The Morgan fingerprint density at radius 1 is 1.25 bits per heavy atom. The van der Waals surface area contributed by atoms with Gasteiger partial charge >= 0.3 is 0 Å². The minimum absolute atomic E-state index is 0.0339. The number of nitrogens with one attached hydrogen (secondary N) is 1. The molecule has 0 atom stereocenters. The van der Waals surface area contributed by atoms with Crippen LogP contribution in [0, 0.1) is 0 Å². The first-order valence-corrected chi connectivity index (χ1v) is 7.31. The number of thioether (sulfide) groups is 1. The second-order valence-electron chi connectivity index (χ2n) is 4.46. The van der Waals surface area contributed by atoms with Crippen molar-refractivity contribution in [3.8, 4) is 11.5 Å². The molecule has 0 saturated heterocycles. The molecule has 0 aliphatic rings. The lowest BCUT2D eigenvalue weighted by Crippen LogP contribution is -2.32. The molecule has 0 unspecified atom stereocenters. The fourth-order valence-corrected chi connectivity index (χ4v) is 2.28. The Labute approximate surface area is 124 Å². The lowest BCUT2D eigenvalue weighted by molar-refractivity contribution is -0.118. The summed E-state index contributed by atoms with van der Waals surface area (Å²) in [6, 6.07) is 5.63. The molecule has 112 valence electrons. The molecule has 0 fully saturated rings. The van der Waals surface area contributed by atoms with E-state index in [1.165, 1.54) is 11.8 Å². The van der Waals surface area contributed by atoms with Crippen LogP contribution in [0.2, 0.25) is 0 Å². The smallest absolute Gasteiger partial charge is 0.230 e. The van der Waals surface area contributed by atoms with Crippen LogP contribution >= 0.6 is 11.8 Å². The van der Waals surface area contributed by atoms with Gasteiger partial charge in [0.2, 0.25) is 5.91 Å². The number of ether oxygens (including phenoxy) is 2. The van der Waals surface area contributed by atoms with Gasteiger partial charge in [0.15, 0.2) is 11.5 Å². The van der Waals surface area contributed by atoms with Crippen molar-refractivity contribution in [1.82, 2.24) is 10.2 Å². The summed E-state index contributed by atoms with van der Waals surface area (Å²) in [6.07, 6.45) is 0. The van der Waals surface area contributed by atoms with Crippen molar-refractivity contribution in [3.63, 3.8) is 0 Å². The summed E-state index contributed by atoms with van der Waals surface area (Å²) in [4.78, 5) is 14.7. The lowest BCUT2D eigenvalue weighted by Gasteiger charge is -2.11. The maximum Gasteiger partial charge on any atom is 0.230 e. The number of carbonyl (C=O) groups is 1. The lowest BCUT2D eigenvalue weighted by atomic mass is 10.3. The van der Waals surface area contributed by atoms with Crippen molar-refractivity contribution < 1.29 is 14.3 Å². The van der Waals surface area contributed by atoms with Crippen LogP contribution in [0.4, 0.5) is 0 Å². The number of nitrogens with zero attached hydrogens (tertiary/aromatic N) is 1. The maximum absolute atomic E-state index is 11.7. The Kier molecular flexibility index (Phi) is 7.25. The number of methoxy groups -OCH3 is 2. The molecule has 0 aliphatic heterocycles. The number of hydrogen-bond donors (Lipinski definition) is 1. The third kappa shape index (κ3) is 5.71. The molecule has 1 N–H and O–H groups in total. The van der Waals surface area contributed by atoms with Gasteiger partial charge in [0.25, 0.3) is 0 Å². The van der Waals surface area contributed by atoms with Gasteiger partial charge in [-0.1, -0.05) is 0 Å². The van der Waals surface area contributed by atoms with Crippen LogP contribution in [0.3, 0.4) is 0 Å². The van der Waals surface area contributed by atoms with Crippen molar-refractivity contribution >= 4 is 17.7 Å². The minimum atomic E-state index is 0.0339. The van der Waals surface area contributed by atoms with Gasteiger partial charge in [0, 0.05) is 18.0 Å². The molecule has 0 saturated carbocycles. The van der Waals surface area contributed by atoms with Crippen molar-refractivity contribution in [1.29, 1.82) is 0 Å². The van der Waals surface area contributed by atoms with Crippen molar-refractivity contribution in [3.05, 3.63) is 18.2 Å². The van der Waals surface area contributed by atoms with Crippen LogP contribution in [-0.2, 0) is 4.79 Å². The maximum atomic E-state index is 11.7. The number of rotatable bonds is 8. The Hall–Kier alpha value is -1.40. The zero-order valence-corrected chi connectivity index (χ0v) is 13.3. The molecule has 5 nitrogen and oxygen atoms in total. The highest BCUT2D eigenvalue weighted by Gasteiger charge is 2.07. The second-order valence-corrected chi connectivity index (χ2v) is 5.51. The van der Waals surface area contributed by atoms with Crippen LogP contribution in [0.5, 0.6) is 11.5 Å². The molecule has 0 bridgehead atoms. The number of benzene rings is 1. The predicted molar refractivity (Wildman–Crippen MR) is 81.8 cm³/mol. The van der Waals surface area contributed by atoms with Gasteiger partial charge in [0.05, 0.1) is 20.0 Å². The summed E-state index contributed by atoms with van der Waals surface area (Å²) in [5.74, 6) is 1.78. The second kappa shape index (κ2) is 8.71. The van der Waals surface area contributed by atoms with E-state index in [0.717, 1.165) is 11.4 Å². The highest BCUT2D eigenvalue weighted by molar-refractivity contribution is 8.00. The molecular formula is C14H22N2O3S. The third-order valence-electron chi connectivity index (χ3n) is 2.61. The summed E-state index contributed by atoms with van der Waals surface area (Å²) >= 11 is 1.47. The Morgan fingerprint density at radius 3 is 2.55 bits per heavy atom. The standard InChI is InChI=1S/C14H22N2O3S/c1-16(2)8-7-15-14(17)10-20-11-5-6-12(18-3)13(9-11)19-4/h5-6,9H,7-8,10H2,1-4H3,(H,15,17). The highest BCUT2D eigenvalue weighted by Crippen LogP contribution is 2.31. The Bertz CT molecular complexity index is 438. The van der Waals surface area contributed by atoms with E-state index in [9.17, 15) is 4.79 Å². The first kappa shape index (κ1) is 16.7. The monoisotopic (exact) mass is 298 g/mol.